The Morgan fingerprint density at radius 2 is 1.34 bits per heavy atom. The Kier molecular flexibility index (Phi) is 18.6. The van der Waals surface area contributed by atoms with Crippen LogP contribution in [0, 0.1) is 11.8 Å². The van der Waals surface area contributed by atoms with Crippen molar-refractivity contribution in [3.8, 4) is 0 Å². The highest BCUT2D eigenvalue weighted by atomic mass is 16.5. The lowest BCUT2D eigenvalue weighted by Gasteiger charge is -2.30. The summed E-state index contributed by atoms with van der Waals surface area (Å²) >= 11 is 0. The van der Waals surface area contributed by atoms with Gasteiger partial charge in [0.05, 0.1) is 32.4 Å². The number of aliphatic hydroxyl groups excluding tert-OH is 1. The average Bonchev–Trinajstić information content (AvgIpc) is 3.07. The number of Topliss-reactive ketones (excluding diaryl/α,β-unsaturated/α-hetero) is 1. The summed E-state index contributed by atoms with van der Waals surface area (Å²) in [6.45, 7) is 12.5. The van der Waals surface area contributed by atoms with Crippen LogP contribution in [-0.4, -0.2) is 114 Å². The third kappa shape index (κ3) is 15.2. The van der Waals surface area contributed by atoms with E-state index in [9.17, 15) is 34.2 Å². The van der Waals surface area contributed by atoms with Crippen LogP contribution in [0.25, 0.3) is 0 Å². The van der Waals surface area contributed by atoms with Gasteiger partial charge in [-0.05, 0) is 43.6 Å². The second-order valence-electron chi connectivity index (χ2n) is 14.4. The molecule has 0 bridgehead atoms. The predicted molar refractivity (Wildman–Crippen MR) is 191 cm³/mol. The molecule has 1 aliphatic rings. The largest absolute Gasteiger partial charge is 0.393 e. The number of nitrogens with one attached hydrogen (secondary N) is 4. The quantitative estimate of drug-likeness (QED) is 0.0974. The molecule has 1 aromatic rings. The predicted octanol–water partition coefficient (Wildman–Crippen LogP) is 1.49. The van der Waals surface area contributed by atoms with Crippen molar-refractivity contribution in [1.29, 1.82) is 0 Å². The van der Waals surface area contributed by atoms with Crippen LogP contribution in [0.5, 0.6) is 0 Å². The molecule has 2 rings (SSSR count). The molecule has 1 fully saturated rings. The van der Waals surface area contributed by atoms with Crippen LogP contribution in [-0.2, 0) is 35.1 Å². The van der Waals surface area contributed by atoms with Gasteiger partial charge in [-0.25, -0.2) is 0 Å². The zero-order valence-electron chi connectivity index (χ0n) is 30.8. The zero-order valence-corrected chi connectivity index (χ0v) is 30.8. The molecule has 0 aromatic heterocycles. The van der Waals surface area contributed by atoms with Crippen molar-refractivity contribution in [3.05, 3.63) is 35.9 Å². The number of amides is 4. The van der Waals surface area contributed by atoms with E-state index in [2.05, 4.69) is 21.3 Å². The smallest absolute Gasteiger partial charge is 0.243 e. The molecule has 0 radical (unpaired) electrons. The van der Waals surface area contributed by atoms with Crippen molar-refractivity contribution in [1.82, 2.24) is 26.2 Å². The minimum Gasteiger partial charge on any atom is -0.393 e. The first kappa shape index (κ1) is 42.8. The SMILES string of the molecule is CCCCCC(NC(=O)CN1CCOCC1)C(=O)NC(CC(C)C)C(=O)NC(Cc1ccccc1)C(=O)NC(CC(C)C)C(=O)C(C)(O)CO. The van der Waals surface area contributed by atoms with Crippen molar-refractivity contribution < 1.29 is 38.9 Å². The third-order valence-electron chi connectivity index (χ3n) is 8.65. The average molecular weight is 704 g/mol. The van der Waals surface area contributed by atoms with Gasteiger partial charge in [0.15, 0.2) is 5.78 Å². The number of ketones is 1. The van der Waals surface area contributed by atoms with Crippen molar-refractivity contribution in [2.24, 2.45) is 11.8 Å². The van der Waals surface area contributed by atoms with Crippen molar-refractivity contribution in [3.63, 3.8) is 0 Å². The second-order valence-corrected chi connectivity index (χ2v) is 14.4. The molecule has 6 N–H and O–H groups in total. The van der Waals surface area contributed by atoms with E-state index >= 15 is 0 Å². The van der Waals surface area contributed by atoms with Crippen molar-refractivity contribution in [2.45, 2.75) is 116 Å². The summed E-state index contributed by atoms with van der Waals surface area (Å²) in [5.74, 6) is -2.75. The molecule has 50 heavy (non-hydrogen) atoms. The maximum atomic E-state index is 13.9. The number of carbonyl (C=O) groups excluding carboxylic acids is 5. The standard InChI is InChI=1S/C37H61N5O8/c1-7-8-10-15-28(38-32(44)23-42-16-18-50-19-17-42)34(46)40-30(21-26(4)5)35(47)41-31(22-27-13-11-9-12-14-27)36(48)39-29(20-25(2)3)33(45)37(6,49)24-43/h9,11-14,25-26,28-31,43,49H,7-8,10,15-24H2,1-6H3,(H,38,44)(H,39,48)(H,40,46)(H,41,47). The van der Waals surface area contributed by atoms with Crippen molar-refractivity contribution >= 4 is 29.4 Å². The fourth-order valence-electron chi connectivity index (χ4n) is 5.80. The minimum atomic E-state index is -2.07. The number of hydrogen-bond donors (Lipinski definition) is 6. The molecule has 4 amide bonds. The Balaban J connectivity index is 2.30. The molecule has 1 heterocycles. The lowest BCUT2D eigenvalue weighted by Crippen LogP contribution is -2.60. The van der Waals surface area contributed by atoms with Gasteiger partial charge in [-0.3, -0.25) is 28.9 Å². The highest BCUT2D eigenvalue weighted by Gasteiger charge is 2.38. The zero-order chi connectivity index (χ0) is 37.3. The number of carbonyl (C=O) groups is 5. The molecule has 1 saturated heterocycles. The van der Waals surface area contributed by atoms with Gasteiger partial charge in [-0.2, -0.15) is 0 Å². The lowest BCUT2D eigenvalue weighted by molar-refractivity contribution is -0.144. The first-order chi connectivity index (χ1) is 23.7. The lowest BCUT2D eigenvalue weighted by atomic mass is 9.90. The summed E-state index contributed by atoms with van der Waals surface area (Å²) in [5, 5.41) is 31.4. The second kappa shape index (κ2) is 21.7. The number of unbranched alkanes of at least 4 members (excludes halogenated alkanes) is 2. The van der Waals surface area contributed by atoms with Gasteiger partial charge in [0.1, 0.15) is 23.7 Å². The Morgan fingerprint density at radius 1 is 0.800 bits per heavy atom. The highest BCUT2D eigenvalue weighted by Crippen LogP contribution is 2.15. The molecular weight excluding hydrogens is 642 g/mol. The van der Waals surface area contributed by atoms with E-state index in [-0.39, 0.29) is 43.6 Å². The summed E-state index contributed by atoms with van der Waals surface area (Å²) in [4.78, 5) is 69.6. The molecule has 0 spiro atoms. The summed E-state index contributed by atoms with van der Waals surface area (Å²) in [6.07, 6.45) is 3.50. The summed E-state index contributed by atoms with van der Waals surface area (Å²) in [7, 11) is 0. The topological polar surface area (TPSA) is 186 Å². The van der Waals surface area contributed by atoms with Gasteiger partial charge < -0.3 is 36.2 Å². The van der Waals surface area contributed by atoms with E-state index in [1.165, 1.54) is 6.92 Å². The number of rotatable bonds is 22. The fourth-order valence-corrected chi connectivity index (χ4v) is 5.80. The molecule has 13 heteroatoms. The molecule has 282 valence electrons. The molecule has 1 aromatic carbocycles. The molecule has 1 aliphatic heterocycles. The number of nitrogens with zero attached hydrogens (tertiary/aromatic N) is 1. The van der Waals surface area contributed by atoms with E-state index in [1.807, 2.05) is 69.9 Å². The van der Waals surface area contributed by atoms with Crippen LogP contribution in [0.3, 0.4) is 0 Å². The fraction of sp³-hybridized carbons (Fsp3) is 0.703. The van der Waals surface area contributed by atoms with Crippen LogP contribution < -0.4 is 21.3 Å². The van der Waals surface area contributed by atoms with Gasteiger partial charge in [-0.15, -0.1) is 0 Å². The number of morpholine rings is 1. The molecule has 5 unspecified atom stereocenters. The number of aliphatic hydroxyl groups is 2. The summed E-state index contributed by atoms with van der Waals surface area (Å²) < 4.78 is 5.37. The number of hydrogen-bond acceptors (Lipinski definition) is 9. The van der Waals surface area contributed by atoms with Gasteiger partial charge in [0.2, 0.25) is 23.6 Å². The minimum absolute atomic E-state index is 0.00402. The molecule has 5 atom stereocenters. The van der Waals surface area contributed by atoms with Crippen LogP contribution in [0.1, 0.15) is 85.6 Å². The van der Waals surface area contributed by atoms with Crippen LogP contribution in [0.4, 0.5) is 0 Å². The van der Waals surface area contributed by atoms with Crippen LogP contribution in [0.2, 0.25) is 0 Å². The van der Waals surface area contributed by atoms with E-state index < -0.39 is 59.9 Å². The van der Waals surface area contributed by atoms with Crippen LogP contribution >= 0.6 is 0 Å². The maximum Gasteiger partial charge on any atom is 0.243 e. The van der Waals surface area contributed by atoms with Gasteiger partial charge in [0, 0.05) is 19.5 Å². The maximum absolute atomic E-state index is 13.9. The normalized spacial score (nSPS) is 17.2. The molecule has 0 saturated carbocycles. The Labute approximate surface area is 297 Å². The van der Waals surface area contributed by atoms with Gasteiger partial charge in [0.25, 0.3) is 0 Å². The van der Waals surface area contributed by atoms with E-state index in [0.29, 0.717) is 39.1 Å². The van der Waals surface area contributed by atoms with Crippen LogP contribution in [0.15, 0.2) is 30.3 Å². The van der Waals surface area contributed by atoms with Crippen molar-refractivity contribution in [2.75, 3.05) is 39.5 Å². The highest BCUT2D eigenvalue weighted by molar-refractivity contribution is 5.97. The summed E-state index contributed by atoms with van der Waals surface area (Å²) in [5.41, 5.74) is -1.31. The molecule has 13 nitrogen and oxygen atoms in total. The molecule has 0 aliphatic carbocycles. The first-order valence-electron chi connectivity index (χ1n) is 18.1. The van der Waals surface area contributed by atoms with E-state index in [4.69, 9.17) is 4.74 Å². The van der Waals surface area contributed by atoms with Gasteiger partial charge in [-0.1, -0.05) is 84.2 Å². The summed E-state index contributed by atoms with van der Waals surface area (Å²) in [6, 6.07) is 4.97. The first-order valence-corrected chi connectivity index (χ1v) is 18.1. The Morgan fingerprint density at radius 3 is 1.92 bits per heavy atom. The third-order valence-corrected chi connectivity index (χ3v) is 8.65. The number of ether oxygens (including phenoxy) is 1. The molecular formula is C37H61N5O8. The number of benzene rings is 1. The Bertz CT molecular complexity index is 1220. The monoisotopic (exact) mass is 703 g/mol. The van der Waals surface area contributed by atoms with E-state index in [0.717, 1.165) is 18.4 Å². The van der Waals surface area contributed by atoms with E-state index in [1.54, 1.807) is 0 Å². The van der Waals surface area contributed by atoms with Gasteiger partial charge >= 0.3 is 0 Å². The Hall–Kier alpha value is -3.39.